The number of methoxy groups -OCH3 is 1. The molecule has 1 atom stereocenters. The van der Waals surface area contributed by atoms with Gasteiger partial charge in [-0.1, -0.05) is 24.3 Å². The van der Waals surface area contributed by atoms with Crippen LogP contribution in [0.1, 0.15) is 53.1 Å². The first kappa shape index (κ1) is 28.4. The van der Waals surface area contributed by atoms with Crippen molar-refractivity contribution in [3.8, 4) is 5.75 Å². The Morgan fingerprint density at radius 2 is 2.00 bits per heavy atom. The lowest BCUT2D eigenvalue weighted by atomic mass is 9.69. The number of nitrogen functional groups attached to an aromatic ring is 1. The van der Waals surface area contributed by atoms with E-state index in [-0.39, 0.29) is 11.9 Å². The van der Waals surface area contributed by atoms with Crippen molar-refractivity contribution in [1.82, 2.24) is 15.1 Å². The van der Waals surface area contributed by atoms with Crippen LogP contribution in [0.15, 0.2) is 48.7 Å². The smallest absolute Gasteiger partial charge is 0.312 e. The van der Waals surface area contributed by atoms with Crippen molar-refractivity contribution in [3.63, 3.8) is 0 Å². The summed E-state index contributed by atoms with van der Waals surface area (Å²) in [5.41, 5.74) is 14.4. The lowest BCUT2D eigenvalue weighted by molar-refractivity contribution is -0.151. The van der Waals surface area contributed by atoms with E-state index in [0.717, 1.165) is 64.2 Å². The van der Waals surface area contributed by atoms with Crippen LogP contribution < -0.4 is 21.3 Å². The molecule has 9 heteroatoms. The second-order valence-corrected chi connectivity index (χ2v) is 11.6. The van der Waals surface area contributed by atoms with Crippen molar-refractivity contribution < 1.29 is 14.3 Å². The summed E-state index contributed by atoms with van der Waals surface area (Å²) < 4.78 is 11.4. The van der Waals surface area contributed by atoms with Gasteiger partial charge in [0.2, 0.25) is 0 Å². The molecule has 216 valence electrons. The molecular weight excluding hydrogens is 516 g/mol. The Kier molecular flexibility index (Phi) is 7.68. The fourth-order valence-electron chi connectivity index (χ4n) is 6.02. The molecule has 0 spiro atoms. The predicted octanol–water partition coefficient (Wildman–Crippen LogP) is 4.80. The monoisotopic (exact) mass is 556 g/mol. The quantitative estimate of drug-likeness (QED) is 0.128. The van der Waals surface area contributed by atoms with Gasteiger partial charge in [-0.3, -0.25) is 14.8 Å². The van der Waals surface area contributed by atoms with E-state index in [9.17, 15) is 4.79 Å². The number of nitrogens with two attached hydrogens (primary N) is 2. The minimum atomic E-state index is -0.861. The third kappa shape index (κ3) is 5.35. The summed E-state index contributed by atoms with van der Waals surface area (Å²) >= 11 is 0. The molecule has 0 saturated carbocycles. The normalized spacial score (nSPS) is 14.7. The van der Waals surface area contributed by atoms with Gasteiger partial charge in [0.05, 0.1) is 35.6 Å². The average Bonchev–Trinajstić information content (AvgIpc) is 3.30. The highest BCUT2D eigenvalue weighted by Gasteiger charge is 2.41. The first-order valence-corrected chi connectivity index (χ1v) is 13.9. The standard InChI is InChI=1S/C32H40N6O3/c1-19-7-8-21(29(32(3,4)31(39)40-6)25-9-10-27(37(5)34)30(33)20(25)2)13-23(19)17-38-11-12-41-28-15-26-22(16-35-36-26)14-24(28)18-38/h7-10,13-16,29H,11-12,17-18,33-34H2,1-6H3,(H,35,36). The van der Waals surface area contributed by atoms with Gasteiger partial charge in [0, 0.05) is 49.6 Å². The first-order valence-electron chi connectivity index (χ1n) is 13.9. The molecule has 5 rings (SSSR count). The Balaban J connectivity index is 1.53. The van der Waals surface area contributed by atoms with Crippen molar-refractivity contribution in [3.05, 3.63) is 82.0 Å². The van der Waals surface area contributed by atoms with E-state index in [4.69, 9.17) is 21.1 Å². The van der Waals surface area contributed by atoms with Crippen molar-refractivity contribution >= 4 is 28.2 Å². The molecule has 1 aliphatic rings. The number of anilines is 2. The van der Waals surface area contributed by atoms with Crippen LogP contribution in [0.25, 0.3) is 10.9 Å². The number of hydrazine groups is 1. The lowest BCUT2D eigenvalue weighted by Gasteiger charge is -2.35. The number of aromatic nitrogens is 2. The van der Waals surface area contributed by atoms with Crippen LogP contribution in [-0.2, 0) is 22.6 Å². The number of benzene rings is 3. The zero-order valence-electron chi connectivity index (χ0n) is 24.7. The Morgan fingerprint density at radius 3 is 2.73 bits per heavy atom. The number of aromatic amines is 1. The molecule has 5 N–H and O–H groups in total. The Bertz CT molecular complexity index is 1590. The Labute approximate surface area is 241 Å². The fraction of sp³-hybridized carbons (Fsp3) is 0.375. The first-order chi connectivity index (χ1) is 19.5. The zero-order chi connectivity index (χ0) is 29.5. The largest absolute Gasteiger partial charge is 0.492 e. The number of H-pyrrole nitrogens is 1. The van der Waals surface area contributed by atoms with E-state index in [1.165, 1.54) is 23.2 Å². The summed E-state index contributed by atoms with van der Waals surface area (Å²) in [7, 11) is 3.20. The van der Waals surface area contributed by atoms with Crippen LogP contribution in [0.2, 0.25) is 0 Å². The molecule has 0 aliphatic carbocycles. The number of aryl methyl sites for hydroxylation is 1. The van der Waals surface area contributed by atoms with Gasteiger partial charge in [0.15, 0.2) is 0 Å². The van der Waals surface area contributed by atoms with Gasteiger partial charge in [-0.05, 0) is 67.6 Å². The van der Waals surface area contributed by atoms with E-state index in [1.54, 1.807) is 7.05 Å². The molecule has 1 unspecified atom stereocenters. The van der Waals surface area contributed by atoms with Gasteiger partial charge >= 0.3 is 5.97 Å². The topological polar surface area (TPSA) is 123 Å². The Hall–Kier alpha value is -4.08. The van der Waals surface area contributed by atoms with E-state index in [0.29, 0.717) is 12.3 Å². The van der Waals surface area contributed by atoms with Crippen molar-refractivity contribution in [2.45, 2.75) is 46.7 Å². The molecule has 0 fully saturated rings. The molecule has 3 aromatic carbocycles. The third-order valence-electron chi connectivity index (χ3n) is 8.44. The van der Waals surface area contributed by atoms with Gasteiger partial charge in [-0.25, -0.2) is 5.84 Å². The highest BCUT2D eigenvalue weighted by molar-refractivity contribution is 5.81. The second-order valence-electron chi connectivity index (χ2n) is 11.6. The molecular formula is C32H40N6O3. The molecule has 0 bridgehead atoms. The third-order valence-corrected chi connectivity index (χ3v) is 8.44. The minimum Gasteiger partial charge on any atom is -0.492 e. The van der Waals surface area contributed by atoms with Gasteiger partial charge < -0.3 is 20.2 Å². The summed E-state index contributed by atoms with van der Waals surface area (Å²) in [6.45, 7) is 10.9. The molecule has 1 aliphatic heterocycles. The maximum atomic E-state index is 13.2. The number of carbonyl (C=O) groups excluding carboxylic acids is 1. The summed E-state index contributed by atoms with van der Waals surface area (Å²) in [4.78, 5) is 15.6. The highest BCUT2D eigenvalue weighted by Crippen LogP contribution is 2.45. The van der Waals surface area contributed by atoms with Crippen molar-refractivity contribution in [2.24, 2.45) is 11.3 Å². The molecule has 0 amide bonds. The average molecular weight is 557 g/mol. The number of fused-ring (bicyclic) bond motifs is 2. The summed E-state index contributed by atoms with van der Waals surface area (Å²) in [6.07, 6.45) is 1.84. The summed E-state index contributed by atoms with van der Waals surface area (Å²) in [6, 6.07) is 14.6. The highest BCUT2D eigenvalue weighted by atomic mass is 16.5. The maximum Gasteiger partial charge on any atom is 0.312 e. The SMILES string of the molecule is COC(=O)C(C)(C)C(c1ccc(C)c(CN2CCOc3cc4[nH]ncc4cc3C2)c1)c1ccc(N(C)N)c(N)c1C. The Morgan fingerprint density at radius 1 is 1.22 bits per heavy atom. The van der Waals surface area contributed by atoms with Crippen LogP contribution in [0.3, 0.4) is 0 Å². The van der Waals surface area contributed by atoms with Crippen LogP contribution in [-0.4, -0.2) is 48.4 Å². The number of carbonyl (C=O) groups is 1. The lowest BCUT2D eigenvalue weighted by Crippen LogP contribution is -2.34. The molecule has 9 nitrogen and oxygen atoms in total. The van der Waals surface area contributed by atoms with Crippen molar-refractivity contribution in [1.29, 1.82) is 0 Å². The molecule has 4 aromatic rings. The number of hydrogen-bond acceptors (Lipinski definition) is 8. The van der Waals surface area contributed by atoms with Crippen LogP contribution in [0.5, 0.6) is 5.75 Å². The zero-order valence-corrected chi connectivity index (χ0v) is 24.7. The van der Waals surface area contributed by atoms with Gasteiger partial charge in [-0.2, -0.15) is 5.10 Å². The maximum absolute atomic E-state index is 13.2. The summed E-state index contributed by atoms with van der Waals surface area (Å²) in [5, 5.41) is 9.77. The van der Waals surface area contributed by atoms with Gasteiger partial charge in [-0.15, -0.1) is 0 Å². The second kappa shape index (κ2) is 11.1. The van der Waals surface area contributed by atoms with Crippen LogP contribution >= 0.6 is 0 Å². The number of nitrogens with one attached hydrogen (secondary N) is 1. The number of ether oxygens (including phenoxy) is 2. The summed E-state index contributed by atoms with van der Waals surface area (Å²) in [5.74, 6) is 6.34. The van der Waals surface area contributed by atoms with Crippen LogP contribution in [0.4, 0.5) is 11.4 Å². The van der Waals surface area contributed by atoms with E-state index in [2.05, 4.69) is 46.3 Å². The number of nitrogens with zero attached hydrogens (tertiary/aromatic N) is 3. The minimum absolute atomic E-state index is 0.283. The van der Waals surface area contributed by atoms with Gasteiger partial charge in [0.1, 0.15) is 12.4 Å². The molecule has 0 saturated heterocycles. The van der Waals surface area contributed by atoms with Gasteiger partial charge in [0.25, 0.3) is 0 Å². The van der Waals surface area contributed by atoms with Crippen molar-refractivity contribution in [2.75, 3.05) is 38.1 Å². The molecule has 1 aromatic heterocycles. The van der Waals surface area contributed by atoms with E-state index >= 15 is 0 Å². The predicted molar refractivity (Wildman–Crippen MR) is 163 cm³/mol. The fourth-order valence-corrected chi connectivity index (χ4v) is 6.02. The number of hydrogen-bond donors (Lipinski definition) is 3. The van der Waals surface area contributed by atoms with E-state index < -0.39 is 5.41 Å². The van der Waals surface area contributed by atoms with E-state index in [1.807, 2.05) is 45.2 Å². The molecule has 41 heavy (non-hydrogen) atoms. The van der Waals surface area contributed by atoms with Crippen LogP contribution in [0, 0.1) is 19.3 Å². The molecule has 2 heterocycles. The number of esters is 1. The number of rotatable bonds is 7. The molecule has 0 radical (unpaired) electrons.